The Labute approximate surface area is 135 Å². The first-order valence-electron chi connectivity index (χ1n) is 8.02. The molecule has 1 atom stereocenters. The molecule has 1 aliphatic carbocycles. The molecule has 0 unspecified atom stereocenters. The van der Waals surface area contributed by atoms with Gasteiger partial charge in [-0.1, -0.05) is 0 Å². The van der Waals surface area contributed by atoms with Crippen molar-refractivity contribution < 1.29 is 9.59 Å². The van der Waals surface area contributed by atoms with Gasteiger partial charge in [0.1, 0.15) is 0 Å². The number of nitrogens with one attached hydrogen (secondary N) is 2. The molecule has 0 spiro atoms. The Morgan fingerprint density at radius 2 is 2.14 bits per heavy atom. The molecule has 120 valence electrons. The second-order valence-electron chi connectivity index (χ2n) is 6.03. The number of likely N-dealkylation sites (N-methyl/N-ethyl adjacent to an activating group) is 1. The second-order valence-corrected chi connectivity index (χ2v) is 7.03. The fourth-order valence-electron chi connectivity index (χ4n) is 3.22. The first-order chi connectivity index (χ1) is 10.7. The number of rotatable bonds is 6. The smallest absolute Gasteiger partial charge is 0.239 e. The van der Waals surface area contributed by atoms with Gasteiger partial charge < -0.3 is 10.6 Å². The number of fused-ring (bicyclic) bond motifs is 1. The quantitative estimate of drug-likeness (QED) is 0.830. The summed E-state index contributed by atoms with van der Waals surface area (Å²) in [5, 5.41) is 7.57. The highest BCUT2D eigenvalue weighted by molar-refractivity contribution is 7.10. The number of nitrogens with zero attached hydrogens (tertiary/aromatic N) is 1. The van der Waals surface area contributed by atoms with Gasteiger partial charge in [0.2, 0.25) is 11.8 Å². The van der Waals surface area contributed by atoms with Crippen LogP contribution in [0.4, 0.5) is 0 Å². The molecular weight excluding hydrogens is 298 g/mol. The maximum absolute atomic E-state index is 12.1. The maximum Gasteiger partial charge on any atom is 0.239 e. The van der Waals surface area contributed by atoms with E-state index >= 15 is 0 Å². The molecule has 1 fully saturated rings. The van der Waals surface area contributed by atoms with Gasteiger partial charge in [-0.05, 0) is 49.1 Å². The molecule has 2 amide bonds. The zero-order valence-corrected chi connectivity index (χ0v) is 13.7. The van der Waals surface area contributed by atoms with Gasteiger partial charge >= 0.3 is 0 Å². The normalized spacial score (nSPS) is 21.2. The van der Waals surface area contributed by atoms with Crippen LogP contribution in [0.5, 0.6) is 0 Å². The van der Waals surface area contributed by atoms with E-state index in [9.17, 15) is 9.59 Å². The molecule has 5 nitrogen and oxygen atoms in total. The fraction of sp³-hybridized carbons (Fsp3) is 0.625. The third-order valence-electron chi connectivity index (χ3n) is 4.35. The number of carbonyl (C=O) groups excluding carboxylic acids is 2. The van der Waals surface area contributed by atoms with E-state index in [1.165, 1.54) is 23.3 Å². The Balaban J connectivity index is 1.57. The molecule has 0 radical (unpaired) electrons. The second kappa shape index (κ2) is 6.79. The monoisotopic (exact) mass is 321 g/mol. The summed E-state index contributed by atoms with van der Waals surface area (Å²) in [5.74, 6) is 0.508. The van der Waals surface area contributed by atoms with Gasteiger partial charge in [0.25, 0.3) is 0 Å². The molecule has 0 bridgehead atoms. The van der Waals surface area contributed by atoms with Crippen molar-refractivity contribution in [3.8, 4) is 0 Å². The molecule has 6 heteroatoms. The van der Waals surface area contributed by atoms with Gasteiger partial charge in [-0.3, -0.25) is 14.5 Å². The minimum atomic E-state index is -0.131. The predicted octanol–water partition coefficient (Wildman–Crippen LogP) is 1.31. The third kappa shape index (κ3) is 3.50. The molecule has 3 rings (SSSR count). The van der Waals surface area contributed by atoms with Crippen molar-refractivity contribution in [2.75, 3.05) is 26.2 Å². The van der Waals surface area contributed by atoms with Gasteiger partial charge in [-0.15, -0.1) is 11.3 Å². The summed E-state index contributed by atoms with van der Waals surface area (Å²) >= 11 is 1.83. The average molecular weight is 321 g/mol. The van der Waals surface area contributed by atoms with Crippen molar-refractivity contribution in [1.29, 1.82) is 0 Å². The van der Waals surface area contributed by atoms with Crippen molar-refractivity contribution in [3.05, 3.63) is 21.9 Å². The standard InChI is InChI=1S/C16H23N3O2S/c1-2-17-14(20)9-18-15(21)10-19-7-5-13-12(6-8-22-13)16(19)11-3-4-11/h6,8,11,16H,2-5,7,9-10H2,1H3,(H,17,20)(H,18,21)/t16-/m0/s1. The Bertz CT molecular complexity index is 553. The predicted molar refractivity (Wildman–Crippen MR) is 86.8 cm³/mol. The summed E-state index contributed by atoms with van der Waals surface area (Å²) in [4.78, 5) is 27.3. The fourth-order valence-corrected chi connectivity index (χ4v) is 4.13. The zero-order chi connectivity index (χ0) is 15.5. The van der Waals surface area contributed by atoms with E-state index in [0.29, 0.717) is 25.0 Å². The maximum atomic E-state index is 12.1. The highest BCUT2D eigenvalue weighted by atomic mass is 32.1. The van der Waals surface area contributed by atoms with Crippen LogP contribution in [0.2, 0.25) is 0 Å². The van der Waals surface area contributed by atoms with Gasteiger partial charge in [-0.2, -0.15) is 0 Å². The van der Waals surface area contributed by atoms with Gasteiger partial charge in [0, 0.05) is 24.0 Å². The molecule has 2 heterocycles. The van der Waals surface area contributed by atoms with E-state index in [2.05, 4.69) is 27.0 Å². The van der Waals surface area contributed by atoms with Crippen LogP contribution in [-0.4, -0.2) is 42.9 Å². The first kappa shape index (κ1) is 15.5. The molecule has 1 aliphatic heterocycles. The summed E-state index contributed by atoms with van der Waals surface area (Å²) in [6.45, 7) is 3.84. The van der Waals surface area contributed by atoms with Crippen LogP contribution < -0.4 is 10.6 Å². The topological polar surface area (TPSA) is 61.4 Å². The molecule has 2 aliphatic rings. The molecule has 0 saturated heterocycles. The SMILES string of the molecule is CCNC(=O)CNC(=O)CN1CCc2sccc2[C@@H]1C1CC1. The van der Waals surface area contributed by atoms with E-state index < -0.39 is 0 Å². The van der Waals surface area contributed by atoms with E-state index in [4.69, 9.17) is 0 Å². The molecule has 2 N–H and O–H groups in total. The number of hydrogen-bond donors (Lipinski definition) is 2. The Morgan fingerprint density at radius 1 is 1.32 bits per heavy atom. The molecule has 1 aromatic rings. The summed E-state index contributed by atoms with van der Waals surface area (Å²) in [6.07, 6.45) is 3.55. The minimum Gasteiger partial charge on any atom is -0.355 e. The first-order valence-corrected chi connectivity index (χ1v) is 8.90. The molecular formula is C16H23N3O2S. The average Bonchev–Trinajstić information content (AvgIpc) is 3.22. The highest BCUT2D eigenvalue weighted by Gasteiger charge is 2.40. The lowest BCUT2D eigenvalue weighted by Gasteiger charge is -2.35. The van der Waals surface area contributed by atoms with Crippen LogP contribution in [0.15, 0.2) is 11.4 Å². The van der Waals surface area contributed by atoms with Crippen molar-refractivity contribution >= 4 is 23.2 Å². The van der Waals surface area contributed by atoms with Crippen molar-refractivity contribution in [2.45, 2.75) is 32.2 Å². The Kier molecular flexibility index (Phi) is 4.78. The van der Waals surface area contributed by atoms with Crippen LogP contribution >= 0.6 is 11.3 Å². The van der Waals surface area contributed by atoms with E-state index in [1.807, 2.05) is 18.3 Å². The Hall–Kier alpha value is -1.40. The van der Waals surface area contributed by atoms with E-state index in [0.717, 1.165) is 13.0 Å². The molecule has 1 saturated carbocycles. The highest BCUT2D eigenvalue weighted by Crippen LogP contribution is 2.48. The zero-order valence-electron chi connectivity index (χ0n) is 12.9. The Morgan fingerprint density at radius 3 is 2.86 bits per heavy atom. The number of carbonyl (C=O) groups is 2. The van der Waals surface area contributed by atoms with Crippen molar-refractivity contribution in [2.24, 2.45) is 5.92 Å². The van der Waals surface area contributed by atoms with Gasteiger partial charge in [0.15, 0.2) is 0 Å². The lowest BCUT2D eigenvalue weighted by Crippen LogP contribution is -2.45. The largest absolute Gasteiger partial charge is 0.355 e. The summed E-state index contributed by atoms with van der Waals surface area (Å²) in [5.41, 5.74) is 1.43. The van der Waals surface area contributed by atoms with Crippen LogP contribution in [0.25, 0.3) is 0 Å². The van der Waals surface area contributed by atoms with Crippen molar-refractivity contribution in [1.82, 2.24) is 15.5 Å². The van der Waals surface area contributed by atoms with Crippen LogP contribution in [-0.2, 0) is 16.0 Å². The van der Waals surface area contributed by atoms with Crippen LogP contribution in [0.1, 0.15) is 36.2 Å². The molecule has 22 heavy (non-hydrogen) atoms. The van der Waals surface area contributed by atoms with Crippen LogP contribution in [0, 0.1) is 5.92 Å². The summed E-state index contributed by atoms with van der Waals surface area (Å²) in [6, 6.07) is 2.62. The van der Waals surface area contributed by atoms with Gasteiger partial charge in [0.05, 0.1) is 13.1 Å². The number of thiophene rings is 1. The lowest BCUT2D eigenvalue weighted by molar-refractivity contribution is -0.127. The third-order valence-corrected chi connectivity index (χ3v) is 5.35. The van der Waals surface area contributed by atoms with E-state index in [-0.39, 0.29) is 18.4 Å². The van der Waals surface area contributed by atoms with Crippen LogP contribution in [0.3, 0.4) is 0 Å². The van der Waals surface area contributed by atoms with E-state index in [1.54, 1.807) is 0 Å². The summed E-state index contributed by atoms with van der Waals surface area (Å²) < 4.78 is 0. The van der Waals surface area contributed by atoms with Gasteiger partial charge in [-0.25, -0.2) is 0 Å². The minimum absolute atomic E-state index is 0.0596. The number of hydrogen-bond acceptors (Lipinski definition) is 4. The molecule has 0 aromatic carbocycles. The lowest BCUT2D eigenvalue weighted by atomic mass is 9.96. The number of amides is 2. The summed E-state index contributed by atoms with van der Waals surface area (Å²) in [7, 11) is 0. The molecule has 1 aromatic heterocycles. The van der Waals surface area contributed by atoms with Crippen molar-refractivity contribution in [3.63, 3.8) is 0 Å².